The number of hydrogen-bond donors (Lipinski definition) is 2. The third kappa shape index (κ3) is 2.50. The second kappa shape index (κ2) is 5.16. The van der Waals surface area contributed by atoms with Crippen molar-refractivity contribution >= 4 is 5.82 Å². The molecule has 0 atom stereocenters. The lowest BCUT2D eigenvalue weighted by atomic mass is 10.1. The van der Waals surface area contributed by atoms with Gasteiger partial charge in [0.05, 0.1) is 5.69 Å². The van der Waals surface area contributed by atoms with E-state index < -0.39 is 11.6 Å². The Balaban J connectivity index is 2.31. The summed E-state index contributed by atoms with van der Waals surface area (Å²) in [6, 6.07) is 4.04. The Labute approximate surface area is 104 Å². The van der Waals surface area contributed by atoms with Crippen molar-refractivity contribution in [3.05, 3.63) is 35.4 Å². The Kier molecular flexibility index (Phi) is 3.60. The zero-order valence-electron chi connectivity index (χ0n) is 10.3. The fourth-order valence-electron chi connectivity index (χ4n) is 1.66. The van der Waals surface area contributed by atoms with Gasteiger partial charge in [-0.3, -0.25) is 5.10 Å². The van der Waals surface area contributed by atoms with Crippen molar-refractivity contribution < 1.29 is 8.78 Å². The smallest absolute Gasteiger partial charge is 0.148 e. The van der Waals surface area contributed by atoms with Crippen molar-refractivity contribution in [3.8, 4) is 11.3 Å². The molecule has 1 aromatic heterocycles. The molecule has 96 valence electrons. The van der Waals surface area contributed by atoms with Crippen molar-refractivity contribution in [1.82, 2.24) is 10.2 Å². The fourth-order valence-corrected chi connectivity index (χ4v) is 1.66. The number of benzene rings is 1. The molecular weight excluding hydrogens is 236 g/mol. The van der Waals surface area contributed by atoms with Gasteiger partial charge in [-0.15, -0.1) is 0 Å². The molecule has 2 rings (SSSR count). The lowest BCUT2D eigenvalue weighted by Crippen LogP contribution is -1.99. The van der Waals surface area contributed by atoms with E-state index in [1.165, 1.54) is 19.1 Å². The molecule has 0 saturated heterocycles. The highest BCUT2D eigenvalue weighted by Gasteiger charge is 2.11. The summed E-state index contributed by atoms with van der Waals surface area (Å²) in [4.78, 5) is 0. The van der Waals surface area contributed by atoms with Crippen LogP contribution in [0.5, 0.6) is 0 Å². The Bertz CT molecular complexity index is 549. The molecule has 1 heterocycles. The summed E-state index contributed by atoms with van der Waals surface area (Å²) in [5.74, 6) is -0.254. The molecule has 3 nitrogen and oxygen atoms in total. The van der Waals surface area contributed by atoms with Gasteiger partial charge in [0, 0.05) is 18.2 Å². The summed E-state index contributed by atoms with van der Waals surface area (Å²) >= 11 is 0. The minimum absolute atomic E-state index is 0.190. The van der Waals surface area contributed by atoms with E-state index in [1.807, 2.05) is 6.92 Å². The molecule has 0 fully saturated rings. The lowest BCUT2D eigenvalue weighted by Gasteiger charge is -2.02. The highest BCUT2D eigenvalue weighted by molar-refractivity contribution is 5.63. The second-order valence-electron chi connectivity index (χ2n) is 4.17. The van der Waals surface area contributed by atoms with Crippen LogP contribution in [-0.2, 0) is 0 Å². The Morgan fingerprint density at radius 3 is 2.72 bits per heavy atom. The predicted molar refractivity (Wildman–Crippen MR) is 67.5 cm³/mol. The van der Waals surface area contributed by atoms with Gasteiger partial charge in [0.15, 0.2) is 0 Å². The summed E-state index contributed by atoms with van der Waals surface area (Å²) in [5.41, 5.74) is 0.945. The second-order valence-corrected chi connectivity index (χ2v) is 4.17. The first-order valence-electron chi connectivity index (χ1n) is 5.87. The van der Waals surface area contributed by atoms with E-state index in [0.717, 1.165) is 13.0 Å². The number of anilines is 1. The standard InChI is InChI=1S/C13H15F2N3/c1-3-4-16-13-7-12(17-18-13)9-6-10(14)8(2)5-11(9)15/h5-7H,3-4H2,1-2H3,(H2,16,17,18). The van der Waals surface area contributed by atoms with Crippen LogP contribution in [0.4, 0.5) is 14.6 Å². The van der Waals surface area contributed by atoms with E-state index in [-0.39, 0.29) is 5.56 Å². The topological polar surface area (TPSA) is 40.7 Å². The van der Waals surface area contributed by atoms with Crippen LogP contribution in [0.15, 0.2) is 18.2 Å². The average Bonchev–Trinajstić information content (AvgIpc) is 2.79. The molecule has 0 radical (unpaired) electrons. The van der Waals surface area contributed by atoms with Crippen molar-refractivity contribution in [2.24, 2.45) is 0 Å². The summed E-state index contributed by atoms with van der Waals surface area (Å²) in [7, 11) is 0. The van der Waals surface area contributed by atoms with Crippen molar-refractivity contribution in [1.29, 1.82) is 0 Å². The van der Waals surface area contributed by atoms with Crippen LogP contribution in [0.3, 0.4) is 0 Å². The molecule has 0 spiro atoms. The van der Waals surface area contributed by atoms with E-state index in [9.17, 15) is 8.78 Å². The predicted octanol–water partition coefficient (Wildman–Crippen LogP) is 3.49. The normalized spacial score (nSPS) is 10.7. The maximum Gasteiger partial charge on any atom is 0.148 e. The summed E-state index contributed by atoms with van der Waals surface area (Å²) < 4.78 is 27.2. The number of H-pyrrole nitrogens is 1. The molecular formula is C13H15F2N3. The average molecular weight is 251 g/mol. The monoisotopic (exact) mass is 251 g/mol. The molecule has 1 aromatic carbocycles. The van der Waals surface area contributed by atoms with Gasteiger partial charge in [0.1, 0.15) is 17.5 Å². The third-order valence-corrected chi connectivity index (χ3v) is 2.67. The van der Waals surface area contributed by atoms with Crippen LogP contribution in [-0.4, -0.2) is 16.7 Å². The number of rotatable bonds is 4. The van der Waals surface area contributed by atoms with Crippen LogP contribution >= 0.6 is 0 Å². The Morgan fingerprint density at radius 2 is 2.00 bits per heavy atom. The van der Waals surface area contributed by atoms with Gasteiger partial charge in [-0.25, -0.2) is 8.78 Å². The number of nitrogens with zero attached hydrogens (tertiary/aromatic N) is 1. The third-order valence-electron chi connectivity index (χ3n) is 2.67. The van der Waals surface area contributed by atoms with Crippen LogP contribution < -0.4 is 5.32 Å². The summed E-state index contributed by atoms with van der Waals surface area (Å²) in [6.07, 6.45) is 0.968. The van der Waals surface area contributed by atoms with E-state index in [0.29, 0.717) is 17.1 Å². The maximum absolute atomic E-state index is 13.7. The molecule has 0 saturated carbocycles. The minimum Gasteiger partial charge on any atom is -0.369 e. The number of halogens is 2. The van der Waals surface area contributed by atoms with Gasteiger partial charge in [-0.1, -0.05) is 6.92 Å². The summed E-state index contributed by atoms with van der Waals surface area (Å²) in [5, 5.41) is 9.77. The largest absolute Gasteiger partial charge is 0.369 e. The number of aromatic nitrogens is 2. The molecule has 2 aromatic rings. The lowest BCUT2D eigenvalue weighted by molar-refractivity contribution is 0.594. The molecule has 0 amide bonds. The first-order chi connectivity index (χ1) is 8.61. The molecule has 0 aliphatic carbocycles. The number of aryl methyl sites for hydroxylation is 1. The quantitative estimate of drug-likeness (QED) is 0.873. The molecule has 2 N–H and O–H groups in total. The number of aromatic amines is 1. The molecule has 0 unspecified atom stereocenters. The highest BCUT2D eigenvalue weighted by atomic mass is 19.1. The van der Waals surface area contributed by atoms with Crippen LogP contribution in [0.1, 0.15) is 18.9 Å². The van der Waals surface area contributed by atoms with E-state index >= 15 is 0 Å². The zero-order valence-corrected chi connectivity index (χ0v) is 10.3. The first kappa shape index (κ1) is 12.5. The van der Waals surface area contributed by atoms with E-state index in [4.69, 9.17) is 0 Å². The molecule has 0 bridgehead atoms. The van der Waals surface area contributed by atoms with Crippen LogP contribution in [0.25, 0.3) is 11.3 Å². The van der Waals surface area contributed by atoms with Gasteiger partial charge < -0.3 is 5.32 Å². The number of nitrogens with one attached hydrogen (secondary N) is 2. The summed E-state index contributed by atoms with van der Waals surface area (Å²) in [6.45, 7) is 4.36. The van der Waals surface area contributed by atoms with Gasteiger partial charge in [0.2, 0.25) is 0 Å². The van der Waals surface area contributed by atoms with Crippen molar-refractivity contribution in [3.63, 3.8) is 0 Å². The molecule has 5 heteroatoms. The number of hydrogen-bond acceptors (Lipinski definition) is 2. The van der Waals surface area contributed by atoms with Crippen molar-refractivity contribution in [2.75, 3.05) is 11.9 Å². The van der Waals surface area contributed by atoms with E-state index in [2.05, 4.69) is 15.5 Å². The maximum atomic E-state index is 13.7. The van der Waals surface area contributed by atoms with Crippen LogP contribution in [0.2, 0.25) is 0 Å². The Morgan fingerprint density at radius 1 is 1.22 bits per heavy atom. The van der Waals surface area contributed by atoms with Gasteiger partial charge >= 0.3 is 0 Å². The van der Waals surface area contributed by atoms with Gasteiger partial charge in [-0.05, 0) is 31.0 Å². The van der Waals surface area contributed by atoms with E-state index in [1.54, 1.807) is 6.07 Å². The van der Waals surface area contributed by atoms with Crippen LogP contribution in [0, 0.1) is 18.6 Å². The van der Waals surface area contributed by atoms with Crippen molar-refractivity contribution in [2.45, 2.75) is 20.3 Å². The molecule has 18 heavy (non-hydrogen) atoms. The SMILES string of the molecule is CCCNc1cc(-c2cc(F)c(C)cc2F)[nH]n1. The highest BCUT2D eigenvalue weighted by Crippen LogP contribution is 2.25. The van der Waals surface area contributed by atoms with Gasteiger partial charge in [-0.2, -0.15) is 5.10 Å². The Hall–Kier alpha value is -1.91. The fraction of sp³-hybridized carbons (Fsp3) is 0.308. The first-order valence-corrected chi connectivity index (χ1v) is 5.87. The van der Waals surface area contributed by atoms with Gasteiger partial charge in [0.25, 0.3) is 0 Å². The molecule has 0 aliphatic heterocycles. The zero-order chi connectivity index (χ0) is 13.1. The minimum atomic E-state index is -0.459. The molecule has 0 aliphatic rings.